The maximum atomic E-state index is 13.9. The fourth-order valence-electron chi connectivity index (χ4n) is 5.42. The molecular formula is C25H29F5N8O3. The zero-order chi connectivity index (χ0) is 29.5. The summed E-state index contributed by atoms with van der Waals surface area (Å²) >= 11 is 0. The number of aromatic nitrogens is 5. The topological polar surface area (TPSA) is 119 Å². The van der Waals surface area contributed by atoms with Crippen LogP contribution in [0.4, 0.5) is 26.7 Å². The van der Waals surface area contributed by atoms with E-state index < -0.39 is 48.7 Å². The van der Waals surface area contributed by atoms with Crippen LogP contribution in [0, 0.1) is 5.92 Å². The van der Waals surface area contributed by atoms with E-state index in [1.165, 1.54) is 34.8 Å². The molecule has 16 heteroatoms. The lowest BCUT2D eigenvalue weighted by Gasteiger charge is -2.33. The van der Waals surface area contributed by atoms with Gasteiger partial charge in [0.1, 0.15) is 11.7 Å². The number of urea groups is 1. The molecule has 1 saturated carbocycles. The highest BCUT2D eigenvalue weighted by Gasteiger charge is 2.48. The Kier molecular flexibility index (Phi) is 7.61. The smallest absolute Gasteiger partial charge is 0.382 e. The molecule has 5 rings (SSSR count). The molecule has 0 radical (unpaired) electrons. The molecule has 41 heavy (non-hydrogen) atoms. The Morgan fingerprint density at radius 1 is 1.27 bits per heavy atom. The molecule has 0 spiro atoms. The number of ether oxygens (including phenoxy) is 1. The Bertz CT molecular complexity index is 1410. The number of rotatable bonds is 8. The van der Waals surface area contributed by atoms with E-state index in [0.29, 0.717) is 16.9 Å². The molecule has 2 aliphatic rings. The number of carbonyl (C=O) groups is 2. The predicted octanol–water partition coefficient (Wildman–Crippen LogP) is 3.40. The van der Waals surface area contributed by atoms with Gasteiger partial charge in [-0.15, -0.1) is 0 Å². The van der Waals surface area contributed by atoms with Gasteiger partial charge in [0.05, 0.1) is 43.3 Å². The lowest BCUT2D eigenvalue weighted by Crippen LogP contribution is -2.40. The maximum Gasteiger partial charge on any atom is 0.410 e. The molecule has 2 N–H and O–H groups in total. The number of fused-ring (bicyclic) bond motifs is 1. The van der Waals surface area contributed by atoms with Crippen LogP contribution >= 0.6 is 0 Å². The van der Waals surface area contributed by atoms with E-state index in [1.807, 2.05) is 5.32 Å². The number of nitrogens with zero attached hydrogens (tertiary/aromatic N) is 6. The van der Waals surface area contributed by atoms with E-state index in [-0.39, 0.29) is 43.9 Å². The average Bonchev–Trinajstić information content (AvgIpc) is 3.63. The second-order valence-electron chi connectivity index (χ2n) is 10.4. The molecule has 3 aromatic heterocycles. The van der Waals surface area contributed by atoms with E-state index in [2.05, 4.69) is 20.5 Å². The number of nitrogens with one attached hydrogen (secondary N) is 2. The Morgan fingerprint density at radius 2 is 2.00 bits per heavy atom. The molecule has 2 fully saturated rings. The van der Waals surface area contributed by atoms with E-state index in [0.717, 1.165) is 4.90 Å². The molecule has 3 amide bonds. The van der Waals surface area contributed by atoms with Crippen molar-refractivity contribution in [1.82, 2.24) is 39.9 Å². The van der Waals surface area contributed by atoms with Crippen molar-refractivity contribution in [3.63, 3.8) is 0 Å². The zero-order valence-corrected chi connectivity index (χ0v) is 22.2. The number of alkyl halides is 5. The lowest BCUT2D eigenvalue weighted by atomic mass is 9.81. The SMILES string of the molecule is COC[C@H](c1cnn2cc([C@@H](NC(=O)c3ccnn3C)C3CCC(F)(F)CC3)nc2c1)N1CC(C(F)(F)F)NC1=O. The van der Waals surface area contributed by atoms with Crippen molar-refractivity contribution in [3.05, 3.63) is 47.7 Å². The van der Waals surface area contributed by atoms with Gasteiger partial charge in [-0.25, -0.2) is 23.1 Å². The third-order valence-electron chi connectivity index (χ3n) is 7.67. The number of hydrogen-bond donors (Lipinski definition) is 2. The standard InChI is InChI=1S/C25H29F5N8O3/c1-36-17(5-8-31-36)22(39)35-21(14-3-6-24(26,27)7-4-14)16-11-38-20(33-16)9-15(10-32-38)18(13-41-2)37-12-19(25(28,29)30)34-23(37)40/h5,8-11,14,18-19,21H,3-4,6-7,12-13H2,1-2H3,(H,34,40)(H,35,39)/t18-,19?,21+/m1/s1. The van der Waals surface area contributed by atoms with Gasteiger partial charge in [0.25, 0.3) is 5.91 Å². The minimum Gasteiger partial charge on any atom is -0.382 e. The number of amides is 3. The average molecular weight is 585 g/mol. The highest BCUT2D eigenvalue weighted by molar-refractivity contribution is 5.92. The third kappa shape index (κ3) is 5.96. The molecule has 1 aliphatic heterocycles. The first-order chi connectivity index (χ1) is 19.4. The first kappa shape index (κ1) is 28.7. The van der Waals surface area contributed by atoms with Gasteiger partial charge in [-0.2, -0.15) is 23.4 Å². The van der Waals surface area contributed by atoms with Gasteiger partial charge in [-0.3, -0.25) is 9.48 Å². The highest BCUT2D eigenvalue weighted by Crippen LogP contribution is 2.41. The monoisotopic (exact) mass is 584 g/mol. The first-order valence-electron chi connectivity index (χ1n) is 13.0. The summed E-state index contributed by atoms with van der Waals surface area (Å²) in [6.07, 6.45) is -0.474. The largest absolute Gasteiger partial charge is 0.410 e. The first-order valence-corrected chi connectivity index (χ1v) is 13.0. The molecule has 1 aliphatic carbocycles. The second kappa shape index (κ2) is 10.9. The van der Waals surface area contributed by atoms with E-state index in [4.69, 9.17) is 4.74 Å². The van der Waals surface area contributed by atoms with Gasteiger partial charge in [0.15, 0.2) is 5.65 Å². The van der Waals surface area contributed by atoms with Crippen molar-refractivity contribution < 1.29 is 36.3 Å². The van der Waals surface area contributed by atoms with Crippen molar-refractivity contribution in [1.29, 1.82) is 0 Å². The van der Waals surface area contributed by atoms with Crippen LogP contribution in [0.3, 0.4) is 0 Å². The maximum absolute atomic E-state index is 13.9. The van der Waals surface area contributed by atoms with Crippen molar-refractivity contribution in [2.45, 2.75) is 55.9 Å². The van der Waals surface area contributed by atoms with Crippen LogP contribution in [0.15, 0.2) is 30.7 Å². The summed E-state index contributed by atoms with van der Waals surface area (Å²) in [7, 11) is 2.97. The number of aryl methyl sites for hydroxylation is 1. The summed E-state index contributed by atoms with van der Waals surface area (Å²) in [5, 5.41) is 13.2. The van der Waals surface area contributed by atoms with Crippen molar-refractivity contribution in [2.75, 3.05) is 20.3 Å². The van der Waals surface area contributed by atoms with Crippen LogP contribution in [-0.2, 0) is 11.8 Å². The van der Waals surface area contributed by atoms with Crippen LogP contribution in [-0.4, -0.2) is 79.6 Å². The minimum atomic E-state index is -4.61. The number of carbonyl (C=O) groups excluding carboxylic acids is 2. The van der Waals surface area contributed by atoms with Crippen LogP contribution in [0.2, 0.25) is 0 Å². The van der Waals surface area contributed by atoms with Crippen LogP contribution in [0.5, 0.6) is 0 Å². The molecule has 222 valence electrons. The number of imidazole rings is 1. The van der Waals surface area contributed by atoms with Gasteiger partial charge in [-0.05, 0) is 30.9 Å². The van der Waals surface area contributed by atoms with E-state index >= 15 is 0 Å². The van der Waals surface area contributed by atoms with E-state index in [9.17, 15) is 31.5 Å². The second-order valence-corrected chi connectivity index (χ2v) is 10.4. The van der Waals surface area contributed by atoms with Crippen molar-refractivity contribution in [2.24, 2.45) is 13.0 Å². The molecule has 0 bridgehead atoms. The zero-order valence-electron chi connectivity index (χ0n) is 22.2. The summed E-state index contributed by atoms with van der Waals surface area (Å²) in [5.74, 6) is -3.55. The number of methoxy groups -OCH3 is 1. The molecule has 11 nitrogen and oxygen atoms in total. The van der Waals surface area contributed by atoms with Gasteiger partial charge in [-0.1, -0.05) is 0 Å². The lowest BCUT2D eigenvalue weighted by molar-refractivity contribution is -0.150. The third-order valence-corrected chi connectivity index (χ3v) is 7.67. The Balaban J connectivity index is 1.45. The summed E-state index contributed by atoms with van der Waals surface area (Å²) in [4.78, 5) is 31.2. The van der Waals surface area contributed by atoms with Crippen LogP contribution < -0.4 is 10.6 Å². The van der Waals surface area contributed by atoms with Gasteiger partial charge in [0, 0.05) is 38.8 Å². The predicted molar refractivity (Wildman–Crippen MR) is 133 cm³/mol. The Labute approximate surface area is 231 Å². The quantitative estimate of drug-likeness (QED) is 0.392. The fourth-order valence-corrected chi connectivity index (χ4v) is 5.42. The molecular weight excluding hydrogens is 555 g/mol. The highest BCUT2D eigenvalue weighted by atomic mass is 19.4. The summed E-state index contributed by atoms with van der Waals surface area (Å²) < 4.78 is 75.7. The molecule has 1 unspecified atom stereocenters. The van der Waals surface area contributed by atoms with Crippen LogP contribution in [0.25, 0.3) is 5.65 Å². The number of hydrogen-bond acceptors (Lipinski definition) is 6. The normalized spacial score (nSPS) is 21.2. The molecule has 3 atom stereocenters. The Hall–Kier alpha value is -3.82. The number of halogens is 5. The van der Waals surface area contributed by atoms with Crippen molar-refractivity contribution in [3.8, 4) is 0 Å². The fraction of sp³-hybridized carbons (Fsp3) is 0.560. The van der Waals surface area contributed by atoms with Gasteiger partial charge < -0.3 is 20.3 Å². The van der Waals surface area contributed by atoms with Gasteiger partial charge in [0.2, 0.25) is 5.92 Å². The molecule has 3 aromatic rings. The summed E-state index contributed by atoms with van der Waals surface area (Å²) in [5.41, 5.74) is 1.36. The van der Waals surface area contributed by atoms with Crippen molar-refractivity contribution >= 4 is 17.6 Å². The minimum absolute atomic E-state index is 0.0942. The summed E-state index contributed by atoms with van der Waals surface area (Å²) in [6.45, 7) is -0.696. The van der Waals surface area contributed by atoms with Gasteiger partial charge >= 0.3 is 12.2 Å². The molecule has 1 saturated heterocycles. The van der Waals surface area contributed by atoms with E-state index in [1.54, 1.807) is 19.3 Å². The Morgan fingerprint density at radius 3 is 2.61 bits per heavy atom. The summed E-state index contributed by atoms with van der Waals surface area (Å²) in [6, 6.07) is -1.40. The van der Waals surface area contributed by atoms with Crippen LogP contribution in [0.1, 0.15) is 59.5 Å². The molecule has 0 aromatic carbocycles. The molecule has 4 heterocycles.